The molecule has 1 amide bonds. The molecule has 0 aromatic carbocycles. The van der Waals surface area contributed by atoms with Crippen molar-refractivity contribution in [3.63, 3.8) is 0 Å². The van der Waals surface area contributed by atoms with Gasteiger partial charge in [0.1, 0.15) is 17.6 Å². The van der Waals surface area contributed by atoms with Crippen molar-refractivity contribution in [3.8, 4) is 0 Å². The van der Waals surface area contributed by atoms with Crippen molar-refractivity contribution in [2.75, 3.05) is 11.9 Å². The first-order valence-electron chi connectivity index (χ1n) is 9.46. The highest BCUT2D eigenvalue weighted by molar-refractivity contribution is 5.84. The summed E-state index contributed by atoms with van der Waals surface area (Å²) < 4.78 is 15.8. The number of anilines is 1. The van der Waals surface area contributed by atoms with Crippen LogP contribution in [0.1, 0.15) is 42.3 Å². The van der Waals surface area contributed by atoms with Crippen molar-refractivity contribution in [3.05, 3.63) is 65.6 Å². The van der Waals surface area contributed by atoms with Crippen LogP contribution in [-0.2, 0) is 17.3 Å². The number of primary amides is 1. The van der Waals surface area contributed by atoms with Gasteiger partial charge in [0.2, 0.25) is 5.91 Å². The third kappa shape index (κ3) is 3.55. The molecule has 150 valence electrons. The van der Waals surface area contributed by atoms with Crippen molar-refractivity contribution in [2.45, 2.75) is 30.6 Å². The lowest BCUT2D eigenvalue weighted by Crippen LogP contribution is -2.42. The Kier molecular flexibility index (Phi) is 4.96. The third-order valence-corrected chi connectivity index (χ3v) is 5.60. The highest BCUT2D eigenvalue weighted by Gasteiger charge is 2.41. The Morgan fingerprint density at radius 3 is 2.66 bits per heavy atom. The molecule has 0 aliphatic heterocycles. The molecule has 0 saturated heterocycles. The molecular formula is C20H22FN7O. The Morgan fingerprint density at radius 1 is 1.28 bits per heavy atom. The summed E-state index contributed by atoms with van der Waals surface area (Å²) in [5.74, 6) is -0.993. The van der Waals surface area contributed by atoms with Crippen LogP contribution in [0.2, 0.25) is 0 Å². The molecule has 9 heteroatoms. The van der Waals surface area contributed by atoms with Gasteiger partial charge in [-0.2, -0.15) is 10.2 Å². The fourth-order valence-electron chi connectivity index (χ4n) is 3.84. The first-order valence-corrected chi connectivity index (χ1v) is 9.46. The number of nitrogens with zero attached hydrogens (tertiary/aromatic N) is 5. The average Bonchev–Trinajstić information content (AvgIpc) is 3.09. The fraction of sp³-hybridized carbons (Fsp3) is 0.350. The summed E-state index contributed by atoms with van der Waals surface area (Å²) in [7, 11) is 1.74. The number of hydrogen-bond donors (Lipinski definition) is 2. The van der Waals surface area contributed by atoms with E-state index in [4.69, 9.17) is 5.73 Å². The summed E-state index contributed by atoms with van der Waals surface area (Å²) in [6.45, 7) is 0.510. The van der Waals surface area contributed by atoms with Crippen LogP contribution in [0.3, 0.4) is 0 Å². The second kappa shape index (κ2) is 7.57. The second-order valence-electron chi connectivity index (χ2n) is 7.38. The predicted octanol–water partition coefficient (Wildman–Crippen LogP) is 1.90. The van der Waals surface area contributed by atoms with E-state index in [0.29, 0.717) is 29.4 Å². The van der Waals surface area contributed by atoms with Crippen LogP contribution in [0.15, 0.2) is 42.7 Å². The summed E-state index contributed by atoms with van der Waals surface area (Å²) >= 11 is 0. The largest absolute Gasteiger partial charge is 0.369 e. The lowest BCUT2D eigenvalue weighted by Gasteiger charge is -2.41. The second-order valence-corrected chi connectivity index (χ2v) is 7.38. The van der Waals surface area contributed by atoms with Gasteiger partial charge in [-0.1, -0.05) is 6.42 Å². The molecule has 3 aromatic heterocycles. The smallest absolute Gasteiger partial charge is 0.232 e. The van der Waals surface area contributed by atoms with Crippen molar-refractivity contribution >= 4 is 11.7 Å². The summed E-state index contributed by atoms with van der Waals surface area (Å²) in [6, 6.07) is 8.23. The number of pyridine rings is 1. The zero-order chi connectivity index (χ0) is 20.4. The van der Waals surface area contributed by atoms with Gasteiger partial charge in [0.25, 0.3) is 0 Å². The zero-order valence-corrected chi connectivity index (χ0v) is 16.0. The highest BCUT2D eigenvalue weighted by atomic mass is 19.1. The number of nitrogens with two attached hydrogens (primary N) is 1. The van der Waals surface area contributed by atoms with E-state index in [1.807, 2.05) is 0 Å². The minimum absolute atomic E-state index is 0.282. The summed E-state index contributed by atoms with van der Waals surface area (Å²) in [6.07, 6.45) is 5.99. The number of aryl methyl sites for hydroxylation is 1. The van der Waals surface area contributed by atoms with Crippen LogP contribution in [0.4, 0.5) is 10.2 Å². The molecule has 1 unspecified atom stereocenters. The summed E-state index contributed by atoms with van der Waals surface area (Å²) in [5, 5.41) is 15.7. The molecule has 8 nitrogen and oxygen atoms in total. The van der Waals surface area contributed by atoms with Crippen LogP contribution in [-0.4, -0.2) is 37.4 Å². The summed E-state index contributed by atoms with van der Waals surface area (Å²) in [5.41, 5.74) is 6.83. The molecule has 1 aliphatic rings. The van der Waals surface area contributed by atoms with Crippen LogP contribution in [0.5, 0.6) is 0 Å². The minimum atomic E-state index is -0.732. The SMILES string of the molecule is Cn1nccc1C(C(N)=O)c1ccc(NCC2(c3ncccc3F)CCC2)nn1. The molecule has 3 heterocycles. The van der Waals surface area contributed by atoms with Crippen LogP contribution in [0, 0.1) is 5.82 Å². The molecule has 3 N–H and O–H groups in total. The Morgan fingerprint density at radius 2 is 2.10 bits per heavy atom. The third-order valence-electron chi connectivity index (χ3n) is 5.60. The van der Waals surface area contributed by atoms with Gasteiger partial charge < -0.3 is 11.1 Å². The molecule has 0 radical (unpaired) electrons. The number of carbonyl (C=O) groups is 1. The van der Waals surface area contributed by atoms with Crippen LogP contribution >= 0.6 is 0 Å². The van der Waals surface area contributed by atoms with E-state index in [2.05, 4.69) is 25.6 Å². The number of amides is 1. The molecule has 1 saturated carbocycles. The lowest BCUT2D eigenvalue weighted by molar-refractivity contribution is -0.118. The monoisotopic (exact) mass is 395 g/mol. The maximum Gasteiger partial charge on any atom is 0.232 e. The van der Waals surface area contributed by atoms with Crippen molar-refractivity contribution in [1.82, 2.24) is 25.0 Å². The fourth-order valence-corrected chi connectivity index (χ4v) is 3.84. The van der Waals surface area contributed by atoms with Crippen LogP contribution in [0.25, 0.3) is 0 Å². The molecule has 0 bridgehead atoms. The number of hydrogen-bond acceptors (Lipinski definition) is 6. The number of nitrogens with one attached hydrogen (secondary N) is 1. The van der Waals surface area contributed by atoms with E-state index >= 15 is 0 Å². The molecule has 1 atom stereocenters. The average molecular weight is 395 g/mol. The van der Waals surface area contributed by atoms with E-state index < -0.39 is 11.8 Å². The van der Waals surface area contributed by atoms with Crippen molar-refractivity contribution in [2.24, 2.45) is 12.8 Å². The van der Waals surface area contributed by atoms with E-state index in [9.17, 15) is 9.18 Å². The normalized spacial score (nSPS) is 16.1. The van der Waals surface area contributed by atoms with E-state index in [-0.39, 0.29) is 11.2 Å². The van der Waals surface area contributed by atoms with Gasteiger partial charge in [-0.25, -0.2) is 4.39 Å². The van der Waals surface area contributed by atoms with Gasteiger partial charge in [0, 0.05) is 31.4 Å². The molecule has 4 rings (SSSR count). The molecule has 1 aliphatic carbocycles. The van der Waals surface area contributed by atoms with Gasteiger partial charge in [0.05, 0.1) is 17.1 Å². The number of aromatic nitrogens is 5. The number of halogens is 1. The lowest BCUT2D eigenvalue weighted by atomic mass is 9.66. The van der Waals surface area contributed by atoms with Gasteiger partial charge in [0.15, 0.2) is 0 Å². The zero-order valence-electron chi connectivity index (χ0n) is 16.0. The standard InChI is InChI=1S/C20H22FN7O/c1-28-15(7-11-25-28)17(19(22)29)14-5-6-16(27-26-14)24-12-20(8-3-9-20)18-13(21)4-2-10-23-18/h2,4-7,10-11,17H,3,8-9,12H2,1H3,(H2,22,29)(H,24,27). The van der Waals surface area contributed by atoms with Gasteiger partial charge in [-0.05, 0) is 43.2 Å². The van der Waals surface area contributed by atoms with Crippen molar-refractivity contribution in [1.29, 1.82) is 0 Å². The number of carbonyl (C=O) groups excluding carboxylic acids is 1. The minimum Gasteiger partial charge on any atom is -0.369 e. The maximum atomic E-state index is 14.2. The highest BCUT2D eigenvalue weighted by Crippen LogP contribution is 2.43. The van der Waals surface area contributed by atoms with E-state index in [0.717, 1.165) is 19.3 Å². The Labute approximate surface area is 167 Å². The molecular weight excluding hydrogens is 373 g/mol. The quantitative estimate of drug-likeness (QED) is 0.632. The Balaban J connectivity index is 1.51. The first kappa shape index (κ1) is 19.0. The van der Waals surface area contributed by atoms with Crippen molar-refractivity contribution < 1.29 is 9.18 Å². The Bertz CT molecular complexity index is 1010. The molecule has 0 spiro atoms. The van der Waals surface area contributed by atoms with Gasteiger partial charge in [-0.3, -0.25) is 14.5 Å². The van der Waals surface area contributed by atoms with Gasteiger partial charge >= 0.3 is 0 Å². The first-order chi connectivity index (χ1) is 14.0. The molecule has 3 aromatic rings. The Hall–Kier alpha value is -3.36. The van der Waals surface area contributed by atoms with Gasteiger partial charge in [-0.15, -0.1) is 5.10 Å². The van der Waals surface area contributed by atoms with E-state index in [1.54, 1.807) is 48.4 Å². The predicted molar refractivity (Wildman–Crippen MR) is 104 cm³/mol. The molecule has 1 fully saturated rings. The summed E-state index contributed by atoms with van der Waals surface area (Å²) in [4.78, 5) is 16.3. The topological polar surface area (TPSA) is 112 Å². The van der Waals surface area contributed by atoms with Crippen LogP contribution < -0.4 is 11.1 Å². The van der Waals surface area contributed by atoms with E-state index in [1.165, 1.54) is 6.07 Å². The molecule has 29 heavy (non-hydrogen) atoms. The number of rotatable bonds is 7. The maximum absolute atomic E-state index is 14.2.